The predicted molar refractivity (Wildman–Crippen MR) is 124 cm³/mol. The van der Waals surface area contributed by atoms with E-state index in [0.717, 1.165) is 16.9 Å². The standard InChI is InChI=1S/C22H17ClN2O4S2/c1-14(26)16-3-2-4-18(11-16)24-31(28,29)19-9-10-20-21(12-19)30-22(27)25(20)13-15-5-7-17(23)8-6-15/h2-12,24H,13H2,1H3. The quantitative estimate of drug-likeness (QED) is 0.410. The summed E-state index contributed by atoms with van der Waals surface area (Å²) in [6.07, 6.45) is 0. The van der Waals surface area contributed by atoms with E-state index in [1.807, 2.05) is 12.1 Å². The third kappa shape index (κ3) is 4.56. The Kier molecular flexibility index (Phi) is 5.70. The first-order chi connectivity index (χ1) is 14.7. The molecule has 9 heteroatoms. The number of carbonyl (C=O) groups is 1. The van der Waals surface area contributed by atoms with Gasteiger partial charge in [-0.25, -0.2) is 8.42 Å². The molecule has 0 aliphatic rings. The fraction of sp³-hybridized carbons (Fsp3) is 0.0909. The number of nitrogens with one attached hydrogen (secondary N) is 1. The van der Waals surface area contributed by atoms with Crippen molar-refractivity contribution in [1.29, 1.82) is 0 Å². The number of aromatic nitrogens is 1. The first-order valence-corrected chi connectivity index (χ1v) is 11.9. The molecule has 0 bridgehead atoms. The van der Waals surface area contributed by atoms with Crippen LogP contribution in [0.2, 0.25) is 5.02 Å². The minimum Gasteiger partial charge on any atom is -0.295 e. The highest BCUT2D eigenvalue weighted by atomic mass is 35.5. The summed E-state index contributed by atoms with van der Waals surface area (Å²) in [6.45, 7) is 1.77. The fourth-order valence-corrected chi connectivity index (χ4v) is 5.36. The van der Waals surface area contributed by atoms with E-state index in [1.54, 1.807) is 41.0 Å². The highest BCUT2D eigenvalue weighted by molar-refractivity contribution is 7.92. The normalized spacial score (nSPS) is 11.5. The average molecular weight is 473 g/mol. The number of hydrogen-bond acceptors (Lipinski definition) is 5. The molecule has 158 valence electrons. The van der Waals surface area contributed by atoms with Gasteiger partial charge >= 0.3 is 4.87 Å². The predicted octanol–water partition coefficient (Wildman–Crippen LogP) is 4.77. The molecule has 0 saturated carbocycles. The first-order valence-electron chi connectivity index (χ1n) is 9.24. The van der Waals surface area contributed by atoms with Gasteiger partial charge in [-0.2, -0.15) is 0 Å². The number of thiazole rings is 1. The van der Waals surface area contributed by atoms with Crippen LogP contribution in [-0.2, 0) is 16.6 Å². The highest BCUT2D eigenvalue weighted by Crippen LogP contribution is 2.25. The number of anilines is 1. The summed E-state index contributed by atoms with van der Waals surface area (Å²) >= 11 is 6.90. The summed E-state index contributed by atoms with van der Waals surface area (Å²) in [4.78, 5) is 23.9. The van der Waals surface area contributed by atoms with Crippen LogP contribution < -0.4 is 9.60 Å². The van der Waals surface area contributed by atoms with Crippen molar-refractivity contribution < 1.29 is 13.2 Å². The second-order valence-electron chi connectivity index (χ2n) is 6.95. The Morgan fingerprint density at radius 1 is 1.06 bits per heavy atom. The van der Waals surface area contributed by atoms with Crippen LogP contribution in [0.4, 0.5) is 5.69 Å². The number of sulfonamides is 1. The fourth-order valence-electron chi connectivity index (χ4n) is 3.15. The molecule has 31 heavy (non-hydrogen) atoms. The van der Waals surface area contributed by atoms with Gasteiger partial charge in [-0.15, -0.1) is 0 Å². The molecule has 4 rings (SSSR count). The number of rotatable bonds is 6. The zero-order valence-corrected chi connectivity index (χ0v) is 18.7. The van der Waals surface area contributed by atoms with Crippen LogP contribution in [0.5, 0.6) is 0 Å². The lowest BCUT2D eigenvalue weighted by Gasteiger charge is -2.09. The Hall–Kier alpha value is -2.94. The van der Waals surface area contributed by atoms with Crippen LogP contribution >= 0.6 is 22.9 Å². The molecule has 0 atom stereocenters. The molecule has 3 aromatic carbocycles. The van der Waals surface area contributed by atoms with Crippen molar-refractivity contribution in [2.45, 2.75) is 18.4 Å². The summed E-state index contributed by atoms with van der Waals surface area (Å²) in [6, 6.07) is 18.1. The van der Waals surface area contributed by atoms with E-state index in [1.165, 1.54) is 25.1 Å². The van der Waals surface area contributed by atoms with Gasteiger partial charge < -0.3 is 0 Å². The minimum atomic E-state index is -3.90. The average Bonchev–Trinajstić information content (AvgIpc) is 3.04. The van der Waals surface area contributed by atoms with Crippen LogP contribution in [-0.4, -0.2) is 18.8 Å². The third-order valence-electron chi connectivity index (χ3n) is 4.73. The van der Waals surface area contributed by atoms with E-state index in [0.29, 0.717) is 33.0 Å². The molecular weight excluding hydrogens is 456 g/mol. The molecule has 0 unspecified atom stereocenters. The maximum Gasteiger partial charge on any atom is 0.308 e. The van der Waals surface area contributed by atoms with Crippen LogP contribution in [0.15, 0.2) is 76.4 Å². The van der Waals surface area contributed by atoms with E-state index >= 15 is 0 Å². The second kappa shape index (κ2) is 8.30. The van der Waals surface area contributed by atoms with Crippen molar-refractivity contribution in [3.8, 4) is 0 Å². The van der Waals surface area contributed by atoms with Gasteiger partial charge in [0.2, 0.25) is 0 Å². The van der Waals surface area contributed by atoms with Crippen molar-refractivity contribution in [2.24, 2.45) is 0 Å². The van der Waals surface area contributed by atoms with Crippen LogP contribution in [0.1, 0.15) is 22.8 Å². The smallest absolute Gasteiger partial charge is 0.295 e. The Labute approximate surface area is 187 Å². The Bertz CT molecular complexity index is 1460. The maximum absolute atomic E-state index is 12.9. The Morgan fingerprint density at radius 2 is 1.81 bits per heavy atom. The van der Waals surface area contributed by atoms with Gasteiger partial charge in [-0.05, 0) is 55.0 Å². The molecule has 1 aromatic heterocycles. The second-order valence-corrected chi connectivity index (χ2v) is 10.1. The number of ketones is 1. The molecule has 1 heterocycles. The number of Topliss-reactive ketones (excluding diaryl/α,β-unsaturated/α-hetero) is 1. The molecule has 0 saturated heterocycles. The number of nitrogens with zero attached hydrogens (tertiary/aromatic N) is 1. The van der Waals surface area contributed by atoms with E-state index in [2.05, 4.69) is 4.72 Å². The maximum atomic E-state index is 12.9. The van der Waals surface area contributed by atoms with Gasteiger partial charge in [0.05, 0.1) is 21.7 Å². The SMILES string of the molecule is CC(=O)c1cccc(NS(=O)(=O)c2ccc3c(c2)sc(=O)n3Cc2ccc(Cl)cc2)c1. The molecule has 0 aliphatic carbocycles. The molecule has 0 amide bonds. The van der Waals surface area contributed by atoms with Gasteiger partial charge in [0.1, 0.15) is 0 Å². The largest absolute Gasteiger partial charge is 0.308 e. The molecule has 4 aromatic rings. The Morgan fingerprint density at radius 3 is 2.52 bits per heavy atom. The first kappa shape index (κ1) is 21.3. The van der Waals surface area contributed by atoms with Crippen molar-refractivity contribution >= 4 is 54.6 Å². The monoisotopic (exact) mass is 472 g/mol. The summed E-state index contributed by atoms with van der Waals surface area (Å²) in [5.41, 5.74) is 2.27. The number of fused-ring (bicyclic) bond motifs is 1. The number of carbonyl (C=O) groups excluding carboxylic acids is 1. The van der Waals surface area contributed by atoms with Gasteiger partial charge in [0.15, 0.2) is 5.78 Å². The van der Waals surface area contributed by atoms with Crippen LogP contribution in [0.25, 0.3) is 10.2 Å². The van der Waals surface area contributed by atoms with Gasteiger partial charge in [-0.3, -0.25) is 18.9 Å². The third-order valence-corrected chi connectivity index (χ3v) is 7.30. The zero-order valence-electron chi connectivity index (χ0n) is 16.3. The van der Waals surface area contributed by atoms with Crippen molar-refractivity contribution in [3.05, 3.63) is 92.5 Å². The molecule has 0 aliphatic heterocycles. The van der Waals surface area contributed by atoms with Crippen LogP contribution in [0, 0.1) is 0 Å². The van der Waals surface area contributed by atoms with Crippen LogP contribution in [0.3, 0.4) is 0 Å². The lowest BCUT2D eigenvalue weighted by atomic mass is 10.1. The molecule has 6 nitrogen and oxygen atoms in total. The number of benzene rings is 3. The summed E-state index contributed by atoms with van der Waals surface area (Å²) in [7, 11) is -3.90. The van der Waals surface area contributed by atoms with E-state index < -0.39 is 10.0 Å². The highest BCUT2D eigenvalue weighted by Gasteiger charge is 2.18. The minimum absolute atomic E-state index is 0.0353. The van der Waals surface area contributed by atoms with Gasteiger partial charge in [0, 0.05) is 16.3 Å². The lowest BCUT2D eigenvalue weighted by molar-refractivity contribution is 0.101. The van der Waals surface area contributed by atoms with E-state index in [9.17, 15) is 18.0 Å². The van der Waals surface area contributed by atoms with Gasteiger partial charge in [-0.1, -0.05) is 47.2 Å². The summed E-state index contributed by atoms with van der Waals surface area (Å²) < 4.78 is 30.4. The van der Waals surface area contributed by atoms with Crippen molar-refractivity contribution in [3.63, 3.8) is 0 Å². The van der Waals surface area contributed by atoms with Gasteiger partial charge in [0.25, 0.3) is 10.0 Å². The molecular formula is C22H17ClN2O4S2. The Balaban J connectivity index is 1.66. The van der Waals surface area contributed by atoms with Crippen molar-refractivity contribution in [1.82, 2.24) is 4.57 Å². The van der Waals surface area contributed by atoms with E-state index in [4.69, 9.17) is 11.6 Å². The zero-order chi connectivity index (χ0) is 22.2. The molecule has 1 N–H and O–H groups in total. The molecule has 0 spiro atoms. The number of halogens is 1. The van der Waals surface area contributed by atoms with E-state index in [-0.39, 0.29) is 15.6 Å². The van der Waals surface area contributed by atoms with Crippen molar-refractivity contribution in [2.75, 3.05) is 4.72 Å². The number of hydrogen-bond donors (Lipinski definition) is 1. The summed E-state index contributed by atoms with van der Waals surface area (Å²) in [5.74, 6) is -0.158. The lowest BCUT2D eigenvalue weighted by Crippen LogP contribution is -2.14. The molecule has 0 radical (unpaired) electrons. The topological polar surface area (TPSA) is 85.2 Å². The summed E-state index contributed by atoms with van der Waals surface area (Å²) in [5, 5.41) is 0.613. The molecule has 0 fully saturated rings.